The molecule has 0 saturated heterocycles. The van der Waals surface area contributed by atoms with Crippen molar-refractivity contribution in [2.45, 2.75) is 37.9 Å². The fourth-order valence-electron chi connectivity index (χ4n) is 7.48. The van der Waals surface area contributed by atoms with Crippen LogP contribution in [0.3, 0.4) is 0 Å². The Labute approximate surface area is 210 Å². The summed E-state index contributed by atoms with van der Waals surface area (Å²) in [6.45, 7) is 0. The zero-order valence-corrected chi connectivity index (χ0v) is 20.0. The molecule has 6 unspecified atom stereocenters. The van der Waals surface area contributed by atoms with Crippen LogP contribution in [0.2, 0.25) is 0 Å². The molecule has 4 nitrogen and oxygen atoms in total. The summed E-state index contributed by atoms with van der Waals surface area (Å²) in [7, 11) is 0. The minimum absolute atomic E-state index is 0.256. The van der Waals surface area contributed by atoms with Gasteiger partial charge in [0.1, 0.15) is 12.2 Å². The maximum Gasteiger partial charge on any atom is 0.339 e. The molecular formula is C32H28O4. The van der Waals surface area contributed by atoms with Crippen molar-refractivity contribution >= 4 is 33.5 Å². The first-order chi connectivity index (χ1) is 17.7. The van der Waals surface area contributed by atoms with Crippen LogP contribution in [0.15, 0.2) is 84.9 Å². The molecule has 0 aliphatic heterocycles. The summed E-state index contributed by atoms with van der Waals surface area (Å²) in [4.78, 5) is 27.0. The van der Waals surface area contributed by atoms with Gasteiger partial charge in [-0.3, -0.25) is 0 Å². The van der Waals surface area contributed by atoms with Gasteiger partial charge in [0.25, 0.3) is 0 Å². The van der Waals surface area contributed by atoms with Crippen molar-refractivity contribution in [1.29, 1.82) is 0 Å². The van der Waals surface area contributed by atoms with Gasteiger partial charge in [-0.2, -0.15) is 0 Å². The molecule has 36 heavy (non-hydrogen) atoms. The van der Waals surface area contributed by atoms with Crippen LogP contribution in [0.25, 0.3) is 21.5 Å². The van der Waals surface area contributed by atoms with Gasteiger partial charge in [0.2, 0.25) is 0 Å². The molecule has 3 aliphatic carbocycles. The number of carbonyl (C=O) groups excluding carboxylic acids is 2. The van der Waals surface area contributed by atoms with Gasteiger partial charge < -0.3 is 9.47 Å². The second-order valence-electron chi connectivity index (χ2n) is 10.6. The van der Waals surface area contributed by atoms with Crippen molar-refractivity contribution < 1.29 is 19.1 Å². The zero-order chi connectivity index (χ0) is 24.2. The Balaban J connectivity index is 1.20. The van der Waals surface area contributed by atoms with Crippen LogP contribution >= 0.6 is 0 Å². The van der Waals surface area contributed by atoms with Gasteiger partial charge in [0.05, 0.1) is 11.1 Å². The molecule has 0 heterocycles. The Morgan fingerprint density at radius 2 is 1.00 bits per heavy atom. The summed E-state index contributed by atoms with van der Waals surface area (Å²) in [5.41, 5.74) is 1.14. The Bertz CT molecular complexity index is 1370. The van der Waals surface area contributed by atoms with Crippen LogP contribution in [0.1, 0.15) is 46.4 Å². The minimum Gasteiger partial charge on any atom is -0.454 e. The Hall–Kier alpha value is -3.66. The zero-order valence-electron chi connectivity index (χ0n) is 20.0. The van der Waals surface area contributed by atoms with E-state index in [1.54, 1.807) is 0 Å². The number of fused-ring (bicyclic) bond motifs is 7. The van der Waals surface area contributed by atoms with Crippen LogP contribution in [-0.4, -0.2) is 24.1 Å². The molecule has 3 aliphatic rings. The third-order valence-electron chi connectivity index (χ3n) is 8.94. The maximum absolute atomic E-state index is 13.5. The standard InChI is InChI=1S/C32H28O4/c33-31(25-16-5-10-19-8-1-3-12-21(19)25)35-29-27-18-28(24-15-7-14-23(24)27)30(29)36-32(34)26-17-6-11-20-9-2-4-13-22(20)26/h1-6,8-13,16-17,23-24,27-30H,7,14-15,18H2. The topological polar surface area (TPSA) is 52.6 Å². The first kappa shape index (κ1) is 21.6. The van der Waals surface area contributed by atoms with Crippen molar-refractivity contribution in [3.8, 4) is 0 Å². The summed E-state index contributed by atoms with van der Waals surface area (Å²) < 4.78 is 12.5. The summed E-state index contributed by atoms with van der Waals surface area (Å²) in [6.07, 6.45) is 3.72. The molecule has 180 valence electrons. The van der Waals surface area contributed by atoms with Gasteiger partial charge in [-0.25, -0.2) is 9.59 Å². The highest BCUT2D eigenvalue weighted by Gasteiger charge is 2.62. The molecule has 6 atom stereocenters. The van der Waals surface area contributed by atoms with E-state index in [4.69, 9.17) is 9.47 Å². The Morgan fingerprint density at radius 1 is 0.556 bits per heavy atom. The molecule has 3 saturated carbocycles. The molecule has 3 fully saturated rings. The largest absolute Gasteiger partial charge is 0.454 e. The van der Waals surface area contributed by atoms with Gasteiger partial charge in [0.15, 0.2) is 0 Å². The van der Waals surface area contributed by atoms with E-state index in [1.807, 2.05) is 84.9 Å². The van der Waals surface area contributed by atoms with E-state index < -0.39 is 12.2 Å². The van der Waals surface area contributed by atoms with Gasteiger partial charge in [-0.15, -0.1) is 0 Å². The highest BCUT2D eigenvalue weighted by Crippen LogP contribution is 2.60. The second kappa shape index (κ2) is 8.48. The van der Waals surface area contributed by atoms with Crippen LogP contribution in [0.4, 0.5) is 0 Å². The van der Waals surface area contributed by atoms with Crippen molar-refractivity contribution in [2.75, 3.05) is 0 Å². The van der Waals surface area contributed by atoms with Crippen molar-refractivity contribution in [1.82, 2.24) is 0 Å². The van der Waals surface area contributed by atoms with E-state index in [1.165, 1.54) is 19.3 Å². The highest BCUT2D eigenvalue weighted by atomic mass is 16.6. The van der Waals surface area contributed by atoms with Crippen molar-refractivity contribution in [3.05, 3.63) is 96.1 Å². The summed E-state index contributed by atoms with van der Waals surface area (Å²) in [6, 6.07) is 27.2. The van der Waals surface area contributed by atoms with E-state index >= 15 is 0 Å². The number of hydrogen-bond acceptors (Lipinski definition) is 4. The normalized spacial score (nSPS) is 28.3. The molecule has 0 spiro atoms. The first-order valence-corrected chi connectivity index (χ1v) is 13.1. The number of ether oxygens (including phenoxy) is 2. The smallest absolute Gasteiger partial charge is 0.339 e. The number of carbonyl (C=O) groups is 2. The van der Waals surface area contributed by atoms with E-state index in [2.05, 4.69) is 0 Å². The van der Waals surface area contributed by atoms with Crippen LogP contribution in [-0.2, 0) is 9.47 Å². The highest BCUT2D eigenvalue weighted by molar-refractivity contribution is 6.05. The summed E-state index contributed by atoms with van der Waals surface area (Å²) >= 11 is 0. The average Bonchev–Trinajstić information content (AvgIpc) is 3.62. The van der Waals surface area contributed by atoms with E-state index in [0.717, 1.165) is 28.0 Å². The minimum atomic E-state index is -0.403. The van der Waals surface area contributed by atoms with Gasteiger partial charge in [-0.1, -0.05) is 79.2 Å². The second-order valence-corrected chi connectivity index (χ2v) is 10.6. The number of hydrogen-bond donors (Lipinski definition) is 0. The average molecular weight is 477 g/mol. The Kier molecular flexibility index (Phi) is 5.09. The molecule has 0 aromatic heterocycles. The van der Waals surface area contributed by atoms with Crippen LogP contribution < -0.4 is 0 Å². The monoisotopic (exact) mass is 476 g/mol. The Morgan fingerprint density at radius 3 is 1.50 bits per heavy atom. The quantitative estimate of drug-likeness (QED) is 0.304. The lowest BCUT2D eigenvalue weighted by atomic mass is 9.78. The SMILES string of the molecule is O=C(OC1C2CC(C3CCCC32)C1OC(=O)c1cccc2ccccc12)c1cccc2ccccc12. The fraction of sp³-hybridized carbons (Fsp3) is 0.312. The van der Waals surface area contributed by atoms with Crippen molar-refractivity contribution in [3.63, 3.8) is 0 Å². The third-order valence-corrected chi connectivity index (χ3v) is 8.94. The number of benzene rings is 4. The third kappa shape index (κ3) is 3.35. The lowest BCUT2D eigenvalue weighted by molar-refractivity contribution is -0.0765. The summed E-state index contributed by atoms with van der Waals surface area (Å²) in [5, 5.41) is 3.79. The molecule has 0 amide bonds. The molecule has 4 aromatic carbocycles. The maximum atomic E-state index is 13.5. The lowest BCUT2D eigenvalue weighted by Gasteiger charge is -2.37. The predicted octanol–water partition coefficient (Wildman–Crippen LogP) is 6.81. The van der Waals surface area contributed by atoms with Crippen LogP contribution in [0, 0.1) is 23.7 Å². The predicted molar refractivity (Wildman–Crippen MR) is 139 cm³/mol. The molecule has 4 aromatic rings. The van der Waals surface area contributed by atoms with E-state index in [0.29, 0.717) is 23.0 Å². The molecule has 4 heteroatoms. The molecular weight excluding hydrogens is 448 g/mol. The fourth-order valence-corrected chi connectivity index (χ4v) is 7.48. The van der Waals surface area contributed by atoms with Gasteiger partial charge in [-0.05, 0) is 64.8 Å². The van der Waals surface area contributed by atoms with Crippen molar-refractivity contribution in [2.24, 2.45) is 23.7 Å². The number of esters is 2. The van der Waals surface area contributed by atoms with E-state index in [9.17, 15) is 9.59 Å². The molecule has 2 bridgehead atoms. The molecule has 0 N–H and O–H groups in total. The molecule has 0 radical (unpaired) electrons. The van der Waals surface area contributed by atoms with E-state index in [-0.39, 0.29) is 23.8 Å². The van der Waals surface area contributed by atoms with Crippen LogP contribution in [0.5, 0.6) is 0 Å². The van der Waals surface area contributed by atoms with Gasteiger partial charge in [0, 0.05) is 11.8 Å². The molecule has 7 rings (SSSR count). The number of rotatable bonds is 4. The summed E-state index contributed by atoms with van der Waals surface area (Å²) in [5.74, 6) is 0.981. The lowest BCUT2D eigenvalue weighted by Crippen LogP contribution is -2.45. The first-order valence-electron chi connectivity index (χ1n) is 13.1. The van der Waals surface area contributed by atoms with Gasteiger partial charge >= 0.3 is 11.9 Å².